The number of fused-ring (bicyclic) bond motifs is 5. The Bertz CT molecular complexity index is 1120. The fourth-order valence-corrected chi connectivity index (χ4v) is 7.91. The topological polar surface area (TPSA) is 89.9 Å². The van der Waals surface area contributed by atoms with Crippen LogP contribution < -0.4 is 4.74 Å². The lowest BCUT2D eigenvalue weighted by atomic mass is 9.47. The van der Waals surface area contributed by atoms with Crippen LogP contribution in [0.4, 0.5) is 0 Å². The Balaban J connectivity index is 0.000000219. The molecule has 38 heavy (non-hydrogen) atoms. The molecule has 0 heterocycles. The molecule has 3 fully saturated rings. The number of rotatable bonds is 5. The summed E-state index contributed by atoms with van der Waals surface area (Å²) >= 11 is 0. The molecule has 4 aliphatic rings. The van der Waals surface area contributed by atoms with Crippen LogP contribution in [0.25, 0.3) is 6.08 Å². The first kappa shape index (κ1) is 28.1. The minimum absolute atomic E-state index is 0.0411. The summed E-state index contributed by atoms with van der Waals surface area (Å²) in [6.45, 7) is 6.69. The van der Waals surface area contributed by atoms with Crippen LogP contribution in [-0.4, -0.2) is 36.0 Å². The highest BCUT2D eigenvalue weighted by molar-refractivity contribution is 5.91. The van der Waals surface area contributed by atoms with Crippen molar-refractivity contribution < 1.29 is 29.0 Å². The van der Waals surface area contributed by atoms with Crippen LogP contribution in [-0.2, 0) is 19.1 Å². The maximum absolute atomic E-state index is 11.9. The van der Waals surface area contributed by atoms with E-state index in [0.29, 0.717) is 29.8 Å². The van der Waals surface area contributed by atoms with Gasteiger partial charge in [0, 0.05) is 29.9 Å². The summed E-state index contributed by atoms with van der Waals surface area (Å²) in [7, 11) is 1.55. The summed E-state index contributed by atoms with van der Waals surface area (Å²) in [6, 6.07) is 7.22. The Hall–Kier alpha value is -2.89. The maximum Gasteiger partial charge on any atom is 0.328 e. The fraction of sp³-hybridized carbons (Fsp3) is 0.594. The zero-order valence-electron chi connectivity index (χ0n) is 23.2. The lowest BCUT2D eigenvalue weighted by Crippen LogP contribution is -2.51. The van der Waals surface area contributed by atoms with Gasteiger partial charge in [-0.05, 0) is 86.3 Å². The molecule has 0 spiro atoms. The first-order chi connectivity index (χ1) is 18.1. The van der Waals surface area contributed by atoms with Crippen LogP contribution in [0.5, 0.6) is 5.75 Å². The Morgan fingerprint density at radius 1 is 1.05 bits per heavy atom. The van der Waals surface area contributed by atoms with Crippen molar-refractivity contribution in [3.63, 3.8) is 0 Å². The number of allylic oxidation sites excluding steroid dienone is 1. The van der Waals surface area contributed by atoms with Gasteiger partial charge >= 0.3 is 11.9 Å². The van der Waals surface area contributed by atoms with Crippen LogP contribution in [0, 0.1) is 28.6 Å². The quantitative estimate of drug-likeness (QED) is 0.345. The highest BCUT2D eigenvalue weighted by Gasteiger charge is 2.59. The summed E-state index contributed by atoms with van der Waals surface area (Å²) < 4.78 is 10.9. The number of ether oxygens (including phenoxy) is 2. The van der Waals surface area contributed by atoms with Gasteiger partial charge in [-0.15, -0.1) is 0 Å². The summed E-state index contributed by atoms with van der Waals surface area (Å²) in [6.07, 6.45) is 13.8. The number of hydrogen-bond donors (Lipinski definition) is 1. The van der Waals surface area contributed by atoms with Crippen LogP contribution in [0.1, 0.15) is 84.1 Å². The van der Waals surface area contributed by atoms with Crippen LogP contribution in [0.3, 0.4) is 0 Å². The number of para-hydroxylation sites is 1. The molecule has 6 atom stereocenters. The maximum atomic E-state index is 11.9. The normalized spacial score (nSPS) is 33.7. The van der Waals surface area contributed by atoms with E-state index in [1.165, 1.54) is 30.9 Å². The van der Waals surface area contributed by atoms with Crippen LogP contribution >= 0.6 is 0 Å². The molecule has 6 heteroatoms. The Kier molecular flexibility index (Phi) is 8.49. The van der Waals surface area contributed by atoms with Crippen molar-refractivity contribution in [1.82, 2.24) is 0 Å². The van der Waals surface area contributed by atoms with E-state index in [2.05, 4.69) is 13.8 Å². The van der Waals surface area contributed by atoms with Gasteiger partial charge in [0.2, 0.25) is 0 Å². The van der Waals surface area contributed by atoms with E-state index in [4.69, 9.17) is 14.6 Å². The van der Waals surface area contributed by atoms with Crippen molar-refractivity contribution >= 4 is 23.8 Å². The highest BCUT2D eigenvalue weighted by Crippen LogP contribution is 2.65. The first-order valence-electron chi connectivity index (χ1n) is 14.1. The number of benzene rings is 1. The van der Waals surface area contributed by atoms with Crippen LogP contribution in [0.15, 0.2) is 42.0 Å². The van der Waals surface area contributed by atoms with Gasteiger partial charge in [-0.25, -0.2) is 4.79 Å². The standard InChI is InChI=1S/C22H32O3.C10H10O3/c1-4-20(24)25-19-8-7-17-16-6-5-14-13-15(23)9-11-21(14,2)18(16)10-12-22(17,19)3;1-13-9-5-3-2-4-8(9)6-7-10(11)12/h13,16-19H,4-12H2,1-3H3;2-7H,1H3,(H,11,12). The van der Waals surface area contributed by atoms with Crippen molar-refractivity contribution in [2.45, 2.75) is 84.7 Å². The molecule has 0 bridgehead atoms. The van der Waals surface area contributed by atoms with Gasteiger partial charge in [0.25, 0.3) is 0 Å². The van der Waals surface area contributed by atoms with Crippen molar-refractivity contribution in [3.05, 3.63) is 47.6 Å². The number of carbonyl (C=O) groups excluding carboxylic acids is 2. The second-order valence-electron chi connectivity index (χ2n) is 11.8. The number of carbonyl (C=O) groups is 3. The molecular formula is C32H42O6. The van der Waals surface area contributed by atoms with Gasteiger partial charge in [0.15, 0.2) is 5.78 Å². The molecule has 4 aliphatic carbocycles. The number of carboxylic acids is 1. The van der Waals surface area contributed by atoms with Crippen molar-refractivity contribution in [1.29, 1.82) is 0 Å². The molecule has 6 nitrogen and oxygen atoms in total. The van der Waals surface area contributed by atoms with Crippen LogP contribution in [0.2, 0.25) is 0 Å². The molecular weight excluding hydrogens is 480 g/mol. The lowest BCUT2D eigenvalue weighted by Gasteiger charge is -2.57. The molecule has 1 aromatic carbocycles. The predicted molar refractivity (Wildman–Crippen MR) is 147 cm³/mol. The van der Waals surface area contributed by atoms with Crippen molar-refractivity contribution in [2.24, 2.45) is 28.6 Å². The van der Waals surface area contributed by atoms with Crippen molar-refractivity contribution in [2.75, 3.05) is 7.11 Å². The van der Waals surface area contributed by atoms with E-state index in [-0.39, 0.29) is 22.9 Å². The molecule has 0 aromatic heterocycles. The fourth-order valence-electron chi connectivity index (χ4n) is 7.91. The Morgan fingerprint density at radius 3 is 2.53 bits per heavy atom. The molecule has 5 rings (SSSR count). The number of methoxy groups -OCH3 is 1. The molecule has 0 amide bonds. The molecule has 1 N–H and O–H groups in total. The Labute approximate surface area is 226 Å². The summed E-state index contributed by atoms with van der Waals surface area (Å²) in [4.78, 5) is 34.0. The zero-order chi connectivity index (χ0) is 27.5. The predicted octanol–water partition coefficient (Wildman–Crippen LogP) is 6.63. The second-order valence-corrected chi connectivity index (χ2v) is 11.8. The number of ketones is 1. The number of carboxylic acid groups (broad SMARTS) is 1. The molecule has 3 saturated carbocycles. The van der Waals surface area contributed by atoms with E-state index in [1.807, 2.05) is 25.1 Å². The largest absolute Gasteiger partial charge is 0.496 e. The summed E-state index contributed by atoms with van der Waals surface area (Å²) in [5.41, 5.74) is 2.58. The highest BCUT2D eigenvalue weighted by atomic mass is 16.5. The van der Waals surface area contributed by atoms with E-state index < -0.39 is 5.97 Å². The monoisotopic (exact) mass is 522 g/mol. The average Bonchev–Trinajstić information content (AvgIpc) is 3.24. The lowest BCUT2D eigenvalue weighted by molar-refractivity contribution is -0.159. The molecule has 6 unspecified atom stereocenters. The van der Waals surface area contributed by atoms with Gasteiger partial charge in [-0.1, -0.05) is 44.5 Å². The second kappa shape index (κ2) is 11.5. The minimum atomic E-state index is -0.967. The SMILES string of the molecule is CCC(=O)OC1CCC2C3CCC4=CC(=O)CCC4(C)C3CCC12C.COc1ccccc1C=CC(=O)O. The van der Waals surface area contributed by atoms with E-state index >= 15 is 0 Å². The molecule has 206 valence electrons. The smallest absolute Gasteiger partial charge is 0.328 e. The molecule has 0 saturated heterocycles. The number of esters is 1. The molecule has 0 radical (unpaired) electrons. The van der Waals surface area contributed by atoms with E-state index in [0.717, 1.165) is 49.7 Å². The number of hydrogen-bond acceptors (Lipinski definition) is 5. The summed E-state index contributed by atoms with van der Waals surface area (Å²) in [5.74, 6) is 2.11. The van der Waals surface area contributed by atoms with Gasteiger partial charge in [0.1, 0.15) is 11.9 Å². The third kappa shape index (κ3) is 5.45. The van der Waals surface area contributed by atoms with Crippen molar-refractivity contribution in [3.8, 4) is 5.75 Å². The van der Waals surface area contributed by atoms with Gasteiger partial charge in [-0.3, -0.25) is 9.59 Å². The third-order valence-corrected chi connectivity index (χ3v) is 9.98. The van der Waals surface area contributed by atoms with E-state index in [9.17, 15) is 14.4 Å². The van der Waals surface area contributed by atoms with Gasteiger partial charge in [0.05, 0.1) is 7.11 Å². The number of aliphatic carboxylic acids is 1. The van der Waals surface area contributed by atoms with Gasteiger partial charge in [-0.2, -0.15) is 0 Å². The molecule has 0 aliphatic heterocycles. The third-order valence-electron chi connectivity index (χ3n) is 9.98. The average molecular weight is 523 g/mol. The minimum Gasteiger partial charge on any atom is -0.496 e. The van der Waals surface area contributed by atoms with E-state index in [1.54, 1.807) is 19.2 Å². The first-order valence-corrected chi connectivity index (χ1v) is 14.1. The van der Waals surface area contributed by atoms with Gasteiger partial charge < -0.3 is 14.6 Å². The molecule has 1 aromatic rings. The summed E-state index contributed by atoms with van der Waals surface area (Å²) in [5, 5.41) is 8.41. The Morgan fingerprint density at radius 2 is 1.82 bits per heavy atom. The zero-order valence-corrected chi connectivity index (χ0v) is 23.2.